The van der Waals surface area contributed by atoms with Crippen LogP contribution in [-0.4, -0.2) is 17.0 Å². The summed E-state index contributed by atoms with van der Waals surface area (Å²) in [5.41, 5.74) is 1.60. The maximum absolute atomic E-state index is 12.2. The molecule has 2 heterocycles. The van der Waals surface area contributed by atoms with Crippen LogP contribution in [0.3, 0.4) is 0 Å². The van der Waals surface area contributed by atoms with E-state index in [-0.39, 0.29) is 11.7 Å². The molecule has 6 nitrogen and oxygen atoms in total. The van der Waals surface area contributed by atoms with Crippen molar-refractivity contribution in [3.8, 4) is 5.75 Å². The SMILES string of the molecule is Cc1cc(=O)oc2cc(O[C@@H](C)C(=O)NCc3ccncc3)c(Cl)cc12. The minimum Gasteiger partial charge on any atom is -0.479 e. The number of aromatic nitrogens is 1. The number of fused-ring (bicyclic) bond motifs is 1. The van der Waals surface area contributed by atoms with Crippen molar-refractivity contribution in [3.05, 3.63) is 69.3 Å². The molecule has 2 aromatic heterocycles. The molecule has 7 heteroatoms. The van der Waals surface area contributed by atoms with Crippen LogP contribution in [0.1, 0.15) is 18.1 Å². The van der Waals surface area contributed by atoms with Gasteiger partial charge in [0.15, 0.2) is 6.10 Å². The summed E-state index contributed by atoms with van der Waals surface area (Å²) < 4.78 is 10.8. The molecule has 3 aromatic rings. The average Bonchev–Trinajstić information content (AvgIpc) is 2.62. The van der Waals surface area contributed by atoms with Crippen molar-refractivity contribution in [1.82, 2.24) is 10.3 Å². The van der Waals surface area contributed by atoms with Crippen LogP contribution in [0.25, 0.3) is 11.0 Å². The first-order valence-electron chi connectivity index (χ1n) is 8.01. The van der Waals surface area contributed by atoms with E-state index >= 15 is 0 Å². The predicted molar refractivity (Wildman–Crippen MR) is 98.4 cm³/mol. The normalized spacial score (nSPS) is 12.0. The monoisotopic (exact) mass is 372 g/mol. The van der Waals surface area contributed by atoms with Gasteiger partial charge in [-0.15, -0.1) is 0 Å². The van der Waals surface area contributed by atoms with Crippen LogP contribution in [0, 0.1) is 6.92 Å². The quantitative estimate of drug-likeness (QED) is 0.695. The fraction of sp³-hybridized carbons (Fsp3) is 0.211. The number of amides is 1. The minimum absolute atomic E-state index is 0.277. The Morgan fingerprint density at radius 2 is 2.04 bits per heavy atom. The molecule has 1 N–H and O–H groups in total. The summed E-state index contributed by atoms with van der Waals surface area (Å²) in [6, 6.07) is 8.21. The van der Waals surface area contributed by atoms with Gasteiger partial charge in [-0.3, -0.25) is 9.78 Å². The minimum atomic E-state index is -0.775. The number of hydrogen-bond donors (Lipinski definition) is 1. The molecule has 1 aromatic carbocycles. The Morgan fingerprint density at radius 1 is 1.31 bits per heavy atom. The smallest absolute Gasteiger partial charge is 0.336 e. The first-order chi connectivity index (χ1) is 12.4. The summed E-state index contributed by atoms with van der Waals surface area (Å²) in [6.07, 6.45) is 2.54. The number of ether oxygens (including phenoxy) is 1. The van der Waals surface area contributed by atoms with E-state index in [9.17, 15) is 9.59 Å². The molecule has 3 rings (SSSR count). The van der Waals surface area contributed by atoms with Crippen LogP contribution >= 0.6 is 11.6 Å². The molecule has 0 aliphatic carbocycles. The summed E-state index contributed by atoms with van der Waals surface area (Å²) in [7, 11) is 0. The number of hydrogen-bond acceptors (Lipinski definition) is 5. The molecule has 0 radical (unpaired) electrons. The Kier molecular flexibility index (Phi) is 5.23. The van der Waals surface area contributed by atoms with Gasteiger partial charge in [0.1, 0.15) is 11.3 Å². The highest BCUT2D eigenvalue weighted by molar-refractivity contribution is 6.32. The van der Waals surface area contributed by atoms with Gasteiger partial charge in [-0.2, -0.15) is 0 Å². The third kappa shape index (κ3) is 4.03. The highest BCUT2D eigenvalue weighted by Crippen LogP contribution is 2.31. The van der Waals surface area contributed by atoms with Gasteiger partial charge in [0.2, 0.25) is 0 Å². The molecule has 134 valence electrons. The molecule has 0 fully saturated rings. The van der Waals surface area contributed by atoms with Gasteiger partial charge >= 0.3 is 5.63 Å². The van der Waals surface area contributed by atoms with Crippen LogP contribution in [0.2, 0.25) is 5.02 Å². The van der Waals surface area contributed by atoms with Gasteiger partial charge in [-0.25, -0.2) is 4.79 Å². The van der Waals surface area contributed by atoms with Crippen molar-refractivity contribution in [3.63, 3.8) is 0 Å². The number of aryl methyl sites for hydroxylation is 1. The molecular formula is C19H17ClN2O4. The summed E-state index contributed by atoms with van der Waals surface area (Å²) in [5.74, 6) is -0.0110. The number of carbonyl (C=O) groups is 1. The molecule has 0 saturated heterocycles. The van der Waals surface area contributed by atoms with Crippen molar-refractivity contribution in [1.29, 1.82) is 0 Å². The number of nitrogens with one attached hydrogen (secondary N) is 1. The van der Waals surface area contributed by atoms with Crippen LogP contribution in [0.4, 0.5) is 0 Å². The molecule has 0 saturated carbocycles. The van der Waals surface area contributed by atoms with Crippen molar-refractivity contribution in [2.75, 3.05) is 0 Å². The average molecular weight is 373 g/mol. The van der Waals surface area contributed by atoms with Gasteiger partial charge in [0.25, 0.3) is 5.91 Å². The first kappa shape index (κ1) is 17.9. The van der Waals surface area contributed by atoms with E-state index in [1.54, 1.807) is 32.3 Å². The van der Waals surface area contributed by atoms with Crippen molar-refractivity contribution in [2.24, 2.45) is 0 Å². The fourth-order valence-electron chi connectivity index (χ4n) is 2.49. The van der Waals surface area contributed by atoms with E-state index < -0.39 is 11.7 Å². The Bertz CT molecular complexity index is 1000. The van der Waals surface area contributed by atoms with Gasteiger partial charge in [0, 0.05) is 36.5 Å². The van der Waals surface area contributed by atoms with E-state index in [1.807, 2.05) is 12.1 Å². The lowest BCUT2D eigenvalue weighted by Crippen LogP contribution is -2.35. The van der Waals surface area contributed by atoms with Crippen molar-refractivity contribution in [2.45, 2.75) is 26.5 Å². The molecule has 0 aliphatic rings. The van der Waals surface area contributed by atoms with Crippen LogP contribution in [-0.2, 0) is 11.3 Å². The number of carbonyl (C=O) groups excluding carboxylic acids is 1. The third-order valence-electron chi connectivity index (χ3n) is 3.89. The zero-order valence-corrected chi connectivity index (χ0v) is 15.0. The summed E-state index contributed by atoms with van der Waals surface area (Å²) in [6.45, 7) is 3.79. The Labute approximate surface area is 154 Å². The fourth-order valence-corrected chi connectivity index (χ4v) is 2.70. The lowest BCUT2D eigenvalue weighted by Gasteiger charge is -2.16. The van der Waals surface area contributed by atoms with E-state index in [0.29, 0.717) is 17.2 Å². The zero-order chi connectivity index (χ0) is 18.7. The van der Waals surface area contributed by atoms with Gasteiger partial charge in [-0.05, 0) is 43.2 Å². The predicted octanol–water partition coefficient (Wildman–Crippen LogP) is 3.23. The summed E-state index contributed by atoms with van der Waals surface area (Å²) >= 11 is 6.25. The Morgan fingerprint density at radius 3 is 2.77 bits per heavy atom. The standard InChI is InChI=1S/C19H17ClN2O4/c1-11-7-18(23)26-16-9-17(15(20)8-14(11)16)25-12(2)19(24)22-10-13-3-5-21-6-4-13/h3-9,12H,10H2,1-2H3,(H,22,24)/t12-/m0/s1. The molecule has 0 aliphatic heterocycles. The second kappa shape index (κ2) is 7.58. The van der Waals surface area contributed by atoms with Crippen molar-refractivity contribution >= 4 is 28.5 Å². The summed E-state index contributed by atoms with van der Waals surface area (Å²) in [4.78, 5) is 27.7. The van der Waals surface area contributed by atoms with Crippen LogP contribution < -0.4 is 15.7 Å². The molecule has 0 unspecified atom stereocenters. The van der Waals surface area contributed by atoms with Gasteiger partial charge < -0.3 is 14.5 Å². The van der Waals surface area contributed by atoms with Crippen LogP contribution in [0.15, 0.2) is 51.9 Å². The number of pyridine rings is 1. The lowest BCUT2D eigenvalue weighted by molar-refractivity contribution is -0.127. The second-order valence-electron chi connectivity index (χ2n) is 5.86. The first-order valence-corrected chi connectivity index (χ1v) is 8.39. The molecular weight excluding hydrogens is 356 g/mol. The number of benzene rings is 1. The largest absolute Gasteiger partial charge is 0.479 e. The maximum Gasteiger partial charge on any atom is 0.336 e. The van der Waals surface area contributed by atoms with Gasteiger partial charge in [0.05, 0.1) is 5.02 Å². The van der Waals surface area contributed by atoms with Crippen LogP contribution in [0.5, 0.6) is 5.75 Å². The molecule has 1 amide bonds. The van der Waals surface area contributed by atoms with E-state index in [2.05, 4.69) is 10.3 Å². The maximum atomic E-state index is 12.2. The molecule has 0 spiro atoms. The molecule has 26 heavy (non-hydrogen) atoms. The number of rotatable bonds is 5. The highest BCUT2D eigenvalue weighted by atomic mass is 35.5. The number of nitrogens with zero attached hydrogens (tertiary/aromatic N) is 1. The van der Waals surface area contributed by atoms with E-state index in [0.717, 1.165) is 16.5 Å². The highest BCUT2D eigenvalue weighted by Gasteiger charge is 2.17. The van der Waals surface area contributed by atoms with E-state index in [4.69, 9.17) is 20.8 Å². The summed E-state index contributed by atoms with van der Waals surface area (Å²) in [5, 5.41) is 3.84. The molecule has 0 bridgehead atoms. The van der Waals surface area contributed by atoms with Gasteiger partial charge in [-0.1, -0.05) is 11.6 Å². The Balaban J connectivity index is 1.74. The number of halogens is 1. The topological polar surface area (TPSA) is 81.4 Å². The Hall–Kier alpha value is -2.86. The van der Waals surface area contributed by atoms with E-state index in [1.165, 1.54) is 12.1 Å². The molecule has 1 atom stereocenters. The lowest BCUT2D eigenvalue weighted by atomic mass is 10.1. The third-order valence-corrected chi connectivity index (χ3v) is 4.19. The van der Waals surface area contributed by atoms with Crippen molar-refractivity contribution < 1.29 is 13.9 Å². The second-order valence-corrected chi connectivity index (χ2v) is 6.27. The zero-order valence-electron chi connectivity index (χ0n) is 14.3.